The molecule has 37 heavy (non-hydrogen) atoms. The standard InChI is InChI=1S/C25H26N6O6/c1-14-13-36-25(34)31(14)11-16-6-15-4-3-5-30(23(15)28-18(16)12-32)24(33)29-22-8-19(17(9-26)10-27-22)37-21-7-20(21)35-2/h6,8,10,12,14,20-21H,3-5,7,11,13H2,1-2H3,(H,27,29,33). The molecule has 3 aliphatic rings. The minimum atomic E-state index is -0.473. The first-order chi connectivity index (χ1) is 17.9. The molecule has 12 nitrogen and oxygen atoms in total. The SMILES string of the molecule is COC1CC1Oc1cc(NC(=O)N2CCCc3cc(CN4C(=O)OCC4C)c(C=O)nc32)ncc1C#N. The second kappa shape index (κ2) is 10.0. The molecule has 1 aliphatic carbocycles. The molecule has 5 rings (SSSR count). The molecule has 2 aromatic rings. The van der Waals surface area contributed by atoms with Gasteiger partial charge in [0.25, 0.3) is 0 Å². The zero-order chi connectivity index (χ0) is 26.1. The van der Waals surface area contributed by atoms with E-state index in [1.54, 1.807) is 12.0 Å². The number of nitrogens with one attached hydrogen (secondary N) is 1. The number of aryl methyl sites for hydroxylation is 1. The summed E-state index contributed by atoms with van der Waals surface area (Å²) in [6, 6.07) is 4.80. The van der Waals surface area contributed by atoms with Crippen LogP contribution in [0.3, 0.4) is 0 Å². The molecule has 12 heteroatoms. The molecule has 0 spiro atoms. The molecule has 2 aliphatic heterocycles. The lowest BCUT2D eigenvalue weighted by Crippen LogP contribution is -2.40. The lowest BCUT2D eigenvalue weighted by atomic mass is 10.0. The van der Waals surface area contributed by atoms with E-state index >= 15 is 0 Å². The Hall–Kier alpha value is -4.24. The fourth-order valence-corrected chi connectivity index (χ4v) is 4.48. The number of carbonyl (C=O) groups excluding carboxylic acids is 3. The lowest BCUT2D eigenvalue weighted by Gasteiger charge is -2.29. The molecule has 0 aromatic carbocycles. The molecule has 3 atom stereocenters. The molecule has 3 unspecified atom stereocenters. The van der Waals surface area contributed by atoms with Crippen LogP contribution in [0.5, 0.6) is 5.75 Å². The first kappa shape index (κ1) is 24.5. The number of hydrogen-bond donors (Lipinski definition) is 1. The summed E-state index contributed by atoms with van der Waals surface area (Å²) in [6.07, 6.45) is 3.46. The number of nitriles is 1. The van der Waals surface area contributed by atoms with Crippen molar-refractivity contribution >= 4 is 30.0 Å². The van der Waals surface area contributed by atoms with Crippen LogP contribution in [-0.4, -0.2) is 71.8 Å². The quantitative estimate of drug-likeness (QED) is 0.560. The summed E-state index contributed by atoms with van der Waals surface area (Å²) in [5, 5.41) is 12.1. The number of fused-ring (bicyclic) bond motifs is 1. The van der Waals surface area contributed by atoms with Gasteiger partial charge in [-0.2, -0.15) is 5.26 Å². The predicted octanol–water partition coefficient (Wildman–Crippen LogP) is 2.65. The van der Waals surface area contributed by atoms with Crippen molar-refractivity contribution in [2.24, 2.45) is 0 Å². The maximum Gasteiger partial charge on any atom is 0.410 e. The van der Waals surface area contributed by atoms with E-state index in [-0.39, 0.29) is 41.9 Å². The summed E-state index contributed by atoms with van der Waals surface area (Å²) in [7, 11) is 1.60. The third-order valence-corrected chi connectivity index (χ3v) is 6.67. The van der Waals surface area contributed by atoms with Gasteiger partial charge in [0.1, 0.15) is 47.4 Å². The number of ether oxygens (including phenoxy) is 3. The van der Waals surface area contributed by atoms with E-state index in [1.165, 1.54) is 17.2 Å². The number of urea groups is 1. The van der Waals surface area contributed by atoms with Crippen molar-refractivity contribution in [1.82, 2.24) is 14.9 Å². The van der Waals surface area contributed by atoms with Crippen LogP contribution >= 0.6 is 0 Å². The summed E-state index contributed by atoms with van der Waals surface area (Å²) in [6.45, 7) is 2.77. The van der Waals surface area contributed by atoms with E-state index in [4.69, 9.17) is 14.2 Å². The van der Waals surface area contributed by atoms with Crippen LogP contribution < -0.4 is 15.0 Å². The number of pyridine rings is 2. The topological polar surface area (TPSA) is 147 Å². The molecular weight excluding hydrogens is 480 g/mol. The number of aldehydes is 1. The minimum Gasteiger partial charge on any atom is -0.486 e. The fraction of sp³-hybridized carbons (Fsp3) is 0.440. The van der Waals surface area contributed by atoms with Crippen molar-refractivity contribution in [2.75, 3.05) is 30.5 Å². The van der Waals surface area contributed by atoms with Gasteiger partial charge in [-0.05, 0) is 31.4 Å². The largest absolute Gasteiger partial charge is 0.486 e. The van der Waals surface area contributed by atoms with Crippen molar-refractivity contribution in [3.63, 3.8) is 0 Å². The van der Waals surface area contributed by atoms with E-state index < -0.39 is 12.1 Å². The fourth-order valence-electron chi connectivity index (χ4n) is 4.48. The summed E-state index contributed by atoms with van der Waals surface area (Å²) < 4.78 is 16.2. The van der Waals surface area contributed by atoms with Gasteiger partial charge >= 0.3 is 12.1 Å². The van der Waals surface area contributed by atoms with Crippen molar-refractivity contribution < 1.29 is 28.6 Å². The number of aromatic nitrogens is 2. The molecule has 3 amide bonds. The molecule has 192 valence electrons. The van der Waals surface area contributed by atoms with Crippen molar-refractivity contribution in [3.05, 3.63) is 40.7 Å². The van der Waals surface area contributed by atoms with Crippen molar-refractivity contribution in [1.29, 1.82) is 5.26 Å². The van der Waals surface area contributed by atoms with Crippen LogP contribution in [0.2, 0.25) is 0 Å². The monoisotopic (exact) mass is 506 g/mol. The van der Waals surface area contributed by atoms with Gasteiger partial charge in [0.05, 0.1) is 24.9 Å². The lowest BCUT2D eigenvalue weighted by molar-refractivity contribution is 0.111. The molecular formula is C25H26N6O6. The molecule has 4 heterocycles. The van der Waals surface area contributed by atoms with Gasteiger partial charge in [-0.15, -0.1) is 0 Å². The van der Waals surface area contributed by atoms with Crippen LogP contribution in [0.1, 0.15) is 46.9 Å². The molecule has 0 bridgehead atoms. The van der Waals surface area contributed by atoms with Gasteiger partial charge in [-0.3, -0.25) is 19.9 Å². The minimum absolute atomic E-state index is 0.0232. The Bertz CT molecular complexity index is 1290. The average Bonchev–Trinajstić information content (AvgIpc) is 3.59. The summed E-state index contributed by atoms with van der Waals surface area (Å²) in [5.74, 6) is 0.921. The summed E-state index contributed by atoms with van der Waals surface area (Å²) in [4.78, 5) is 48.8. The first-order valence-electron chi connectivity index (χ1n) is 12.0. The smallest absolute Gasteiger partial charge is 0.410 e. The molecule has 1 saturated carbocycles. The Balaban J connectivity index is 1.36. The molecule has 0 radical (unpaired) electrons. The second-order valence-electron chi connectivity index (χ2n) is 9.22. The zero-order valence-electron chi connectivity index (χ0n) is 20.5. The Morgan fingerprint density at radius 2 is 2.22 bits per heavy atom. The van der Waals surface area contributed by atoms with Gasteiger partial charge in [0.15, 0.2) is 6.29 Å². The summed E-state index contributed by atoms with van der Waals surface area (Å²) >= 11 is 0. The maximum absolute atomic E-state index is 13.2. The molecule has 1 N–H and O–H groups in total. The normalized spacial score (nSPS) is 22.1. The van der Waals surface area contributed by atoms with E-state index in [0.717, 1.165) is 12.0 Å². The predicted molar refractivity (Wildman–Crippen MR) is 129 cm³/mol. The van der Waals surface area contributed by atoms with E-state index in [1.807, 2.05) is 19.1 Å². The average molecular weight is 507 g/mol. The van der Waals surface area contributed by atoms with E-state index in [2.05, 4.69) is 15.3 Å². The van der Waals surface area contributed by atoms with Gasteiger partial charge in [0, 0.05) is 31.7 Å². The van der Waals surface area contributed by atoms with Crippen LogP contribution in [-0.2, 0) is 22.4 Å². The van der Waals surface area contributed by atoms with Gasteiger partial charge in [0.2, 0.25) is 0 Å². The van der Waals surface area contributed by atoms with Crippen LogP contribution in [0, 0.1) is 11.3 Å². The number of hydrogen-bond acceptors (Lipinski definition) is 9. The Morgan fingerprint density at radius 3 is 2.89 bits per heavy atom. The first-order valence-corrected chi connectivity index (χ1v) is 12.0. The number of carbonyl (C=O) groups is 3. The number of nitrogens with zero attached hydrogens (tertiary/aromatic N) is 5. The number of rotatable bonds is 7. The number of methoxy groups -OCH3 is 1. The molecule has 2 aromatic heterocycles. The van der Waals surface area contributed by atoms with E-state index in [0.29, 0.717) is 49.4 Å². The van der Waals surface area contributed by atoms with Crippen molar-refractivity contribution in [3.8, 4) is 11.8 Å². The number of cyclic esters (lactones) is 1. The van der Waals surface area contributed by atoms with Gasteiger partial charge in [-0.1, -0.05) is 0 Å². The van der Waals surface area contributed by atoms with Crippen LogP contribution in [0.15, 0.2) is 18.3 Å². The Kier molecular flexibility index (Phi) is 6.62. The number of amides is 3. The van der Waals surface area contributed by atoms with Crippen molar-refractivity contribution in [2.45, 2.75) is 51.0 Å². The highest BCUT2D eigenvalue weighted by Gasteiger charge is 2.40. The van der Waals surface area contributed by atoms with E-state index in [9.17, 15) is 19.6 Å². The van der Waals surface area contributed by atoms with Gasteiger partial charge in [-0.25, -0.2) is 19.6 Å². The third-order valence-electron chi connectivity index (χ3n) is 6.67. The highest BCUT2D eigenvalue weighted by atomic mass is 16.6. The highest BCUT2D eigenvalue weighted by Crippen LogP contribution is 2.33. The second-order valence-corrected chi connectivity index (χ2v) is 9.22. The van der Waals surface area contributed by atoms with Crippen LogP contribution in [0.25, 0.3) is 0 Å². The maximum atomic E-state index is 13.2. The highest BCUT2D eigenvalue weighted by molar-refractivity contribution is 6.01. The zero-order valence-corrected chi connectivity index (χ0v) is 20.5. The van der Waals surface area contributed by atoms with Gasteiger partial charge < -0.3 is 14.2 Å². The number of anilines is 2. The Morgan fingerprint density at radius 1 is 1.38 bits per heavy atom. The Labute approximate surface area is 213 Å². The third kappa shape index (κ3) is 4.90. The summed E-state index contributed by atoms with van der Waals surface area (Å²) in [5.41, 5.74) is 1.82. The van der Waals surface area contributed by atoms with Crippen LogP contribution in [0.4, 0.5) is 21.2 Å². The molecule has 2 fully saturated rings. The molecule has 1 saturated heterocycles.